The number of nitrogens with zero attached hydrogens (tertiary/aromatic N) is 1. The summed E-state index contributed by atoms with van der Waals surface area (Å²) in [6, 6.07) is 0.771. The van der Waals surface area contributed by atoms with Gasteiger partial charge in [0.2, 0.25) is 0 Å². The molecule has 0 aromatic heterocycles. The highest BCUT2D eigenvalue weighted by Crippen LogP contribution is 2.85. The van der Waals surface area contributed by atoms with E-state index in [9.17, 15) is 4.79 Å². The Morgan fingerprint density at radius 3 is 2.56 bits per heavy atom. The first-order valence-corrected chi connectivity index (χ1v) is 11.7. The van der Waals surface area contributed by atoms with Crippen LogP contribution >= 0.6 is 0 Å². The van der Waals surface area contributed by atoms with Gasteiger partial charge in [0.15, 0.2) is 5.78 Å². The van der Waals surface area contributed by atoms with Gasteiger partial charge in [-0.05, 0) is 111 Å². The molecule has 5 rings (SSSR count). The Balaban J connectivity index is 1.48. The molecule has 5 aliphatic rings. The summed E-state index contributed by atoms with van der Waals surface area (Å²) in [5.74, 6) is 3.68. The zero-order chi connectivity index (χ0) is 19.2. The monoisotopic (exact) mass is 369 g/mol. The number of Topliss-reactive ketones (excluding diaryl/α,β-unsaturated/α-hetero) is 1. The van der Waals surface area contributed by atoms with Crippen molar-refractivity contribution in [1.29, 1.82) is 0 Å². The Morgan fingerprint density at radius 2 is 1.85 bits per heavy atom. The van der Waals surface area contributed by atoms with Gasteiger partial charge in [0.25, 0.3) is 0 Å². The van der Waals surface area contributed by atoms with Crippen molar-refractivity contribution in [3.63, 3.8) is 0 Å². The molecule has 0 radical (unpaired) electrons. The summed E-state index contributed by atoms with van der Waals surface area (Å²) < 4.78 is 0. The molecule has 0 aromatic carbocycles. The first kappa shape index (κ1) is 18.4. The van der Waals surface area contributed by atoms with Crippen LogP contribution in [0.25, 0.3) is 0 Å². The van der Waals surface area contributed by atoms with Crippen LogP contribution in [0.4, 0.5) is 0 Å². The minimum atomic E-state index is 0.240. The van der Waals surface area contributed by atoms with Gasteiger partial charge in [0.05, 0.1) is 0 Å². The smallest absolute Gasteiger partial charge is 0.159 e. The van der Waals surface area contributed by atoms with Crippen molar-refractivity contribution in [1.82, 2.24) is 4.90 Å². The van der Waals surface area contributed by atoms with Crippen molar-refractivity contribution in [3.05, 3.63) is 11.6 Å². The van der Waals surface area contributed by atoms with Crippen molar-refractivity contribution in [2.45, 2.75) is 84.6 Å². The topological polar surface area (TPSA) is 20.3 Å². The number of allylic oxidation sites excluding steroid dienone is 2. The fourth-order valence-corrected chi connectivity index (χ4v) is 9.45. The normalized spacial score (nSPS) is 53.8. The van der Waals surface area contributed by atoms with Gasteiger partial charge >= 0.3 is 0 Å². The lowest BCUT2D eigenvalue weighted by molar-refractivity contribution is -0.130. The average Bonchev–Trinajstić information content (AvgIpc) is 3.27. The summed E-state index contributed by atoms with van der Waals surface area (Å²) in [5.41, 5.74) is 2.59. The largest absolute Gasteiger partial charge is 0.306 e. The van der Waals surface area contributed by atoms with Crippen LogP contribution in [0.1, 0.15) is 78.6 Å². The van der Waals surface area contributed by atoms with E-state index < -0.39 is 0 Å². The van der Waals surface area contributed by atoms with Crippen LogP contribution in [-0.2, 0) is 4.79 Å². The van der Waals surface area contributed by atoms with E-state index in [1.807, 2.05) is 0 Å². The lowest BCUT2D eigenvalue weighted by Gasteiger charge is -2.60. The Labute approximate surface area is 166 Å². The zero-order valence-corrected chi connectivity index (χ0v) is 18.2. The van der Waals surface area contributed by atoms with Gasteiger partial charge in [-0.3, -0.25) is 4.79 Å². The number of hydrogen-bond donors (Lipinski definition) is 0. The lowest BCUT2D eigenvalue weighted by atomic mass is 9.45. The highest BCUT2D eigenvalue weighted by atomic mass is 16.1. The molecule has 0 bridgehead atoms. The van der Waals surface area contributed by atoms with E-state index in [0.29, 0.717) is 22.5 Å². The minimum Gasteiger partial charge on any atom is -0.306 e. The van der Waals surface area contributed by atoms with Crippen LogP contribution in [0.5, 0.6) is 0 Å². The standard InChI is InChI=1S/C25H39NO/c1-6-17-13-18-9-11-25-15-24(25)12-10-20(26(4)5)16(2)19(24)7-8-22(25)23(18,3)14-21(17)27/h13,16,18-20,22H,6-12,14-15H2,1-5H3/t16-,18+,19-,20-,22-,23+,24-,25-/m0/s1. The SMILES string of the molecule is CCC1=C[C@H]2CC[C@@]34C[C@]35CC[C@H](N(C)C)[C@@H](C)[C@@H]5CC[C@H]4[C@]2(C)CC1=O. The fraction of sp³-hybridized carbons (Fsp3) is 0.880. The molecule has 0 saturated heterocycles. The summed E-state index contributed by atoms with van der Waals surface area (Å²) in [5, 5.41) is 0. The average molecular weight is 370 g/mol. The molecule has 4 fully saturated rings. The van der Waals surface area contributed by atoms with Crippen LogP contribution in [0.3, 0.4) is 0 Å². The molecule has 2 heteroatoms. The molecule has 2 nitrogen and oxygen atoms in total. The predicted octanol–water partition coefficient (Wildman–Crippen LogP) is 5.47. The van der Waals surface area contributed by atoms with E-state index in [1.165, 1.54) is 44.9 Å². The number of ketones is 1. The second-order valence-corrected chi connectivity index (χ2v) is 11.5. The molecule has 27 heavy (non-hydrogen) atoms. The summed E-state index contributed by atoms with van der Waals surface area (Å²) in [6.45, 7) is 7.21. The summed E-state index contributed by atoms with van der Waals surface area (Å²) >= 11 is 0. The van der Waals surface area contributed by atoms with Gasteiger partial charge in [-0.2, -0.15) is 0 Å². The molecule has 0 amide bonds. The summed E-state index contributed by atoms with van der Waals surface area (Å²) in [6.07, 6.45) is 14.1. The quantitative estimate of drug-likeness (QED) is 0.643. The molecule has 4 saturated carbocycles. The highest BCUT2D eigenvalue weighted by Gasteiger charge is 2.79. The van der Waals surface area contributed by atoms with Crippen LogP contribution in [0.2, 0.25) is 0 Å². The zero-order valence-electron chi connectivity index (χ0n) is 18.2. The molecule has 2 spiro atoms. The van der Waals surface area contributed by atoms with E-state index in [2.05, 4.69) is 45.8 Å². The predicted molar refractivity (Wildman–Crippen MR) is 110 cm³/mol. The number of hydrogen-bond acceptors (Lipinski definition) is 2. The first-order chi connectivity index (χ1) is 12.8. The molecule has 150 valence electrons. The summed E-state index contributed by atoms with van der Waals surface area (Å²) in [7, 11) is 4.57. The van der Waals surface area contributed by atoms with Crippen molar-refractivity contribution >= 4 is 5.78 Å². The third-order valence-electron chi connectivity index (χ3n) is 10.7. The second kappa shape index (κ2) is 5.71. The molecule has 0 N–H and O–H groups in total. The van der Waals surface area contributed by atoms with Gasteiger partial charge in [-0.1, -0.05) is 26.8 Å². The second-order valence-electron chi connectivity index (χ2n) is 11.5. The Bertz CT molecular complexity index is 694. The molecule has 5 aliphatic carbocycles. The minimum absolute atomic E-state index is 0.240. The van der Waals surface area contributed by atoms with Gasteiger partial charge in [-0.15, -0.1) is 0 Å². The Kier molecular flexibility index (Phi) is 3.89. The fourth-order valence-electron chi connectivity index (χ4n) is 9.45. The Hall–Kier alpha value is -0.630. The van der Waals surface area contributed by atoms with E-state index in [1.54, 1.807) is 0 Å². The van der Waals surface area contributed by atoms with Crippen molar-refractivity contribution in [2.24, 2.45) is 39.9 Å². The molecule has 8 atom stereocenters. The van der Waals surface area contributed by atoms with Gasteiger partial charge in [0, 0.05) is 12.5 Å². The van der Waals surface area contributed by atoms with Gasteiger partial charge < -0.3 is 4.90 Å². The maximum Gasteiger partial charge on any atom is 0.159 e. The summed E-state index contributed by atoms with van der Waals surface area (Å²) in [4.78, 5) is 15.3. The molecular formula is C25H39NO. The van der Waals surface area contributed by atoms with Gasteiger partial charge in [0.1, 0.15) is 0 Å². The molecular weight excluding hydrogens is 330 g/mol. The lowest BCUT2D eigenvalue weighted by Crippen LogP contribution is -2.55. The molecule has 0 aromatic rings. The van der Waals surface area contributed by atoms with E-state index in [4.69, 9.17) is 0 Å². The Morgan fingerprint density at radius 1 is 1.11 bits per heavy atom. The number of carbonyl (C=O) groups is 1. The van der Waals surface area contributed by atoms with Crippen molar-refractivity contribution in [2.75, 3.05) is 14.1 Å². The van der Waals surface area contributed by atoms with Crippen molar-refractivity contribution < 1.29 is 4.79 Å². The molecule has 0 aliphatic heterocycles. The van der Waals surface area contributed by atoms with E-state index in [-0.39, 0.29) is 5.41 Å². The van der Waals surface area contributed by atoms with Crippen LogP contribution < -0.4 is 0 Å². The van der Waals surface area contributed by atoms with E-state index >= 15 is 0 Å². The van der Waals surface area contributed by atoms with Crippen molar-refractivity contribution in [3.8, 4) is 0 Å². The number of rotatable bonds is 2. The molecule has 0 heterocycles. The van der Waals surface area contributed by atoms with E-state index in [0.717, 1.165) is 42.2 Å². The van der Waals surface area contributed by atoms with Crippen LogP contribution in [0, 0.1) is 39.9 Å². The maximum absolute atomic E-state index is 12.9. The van der Waals surface area contributed by atoms with Crippen LogP contribution in [0.15, 0.2) is 11.6 Å². The maximum atomic E-state index is 12.9. The number of fused-ring (bicyclic) bond motifs is 2. The highest BCUT2D eigenvalue weighted by molar-refractivity contribution is 5.96. The van der Waals surface area contributed by atoms with Crippen LogP contribution in [-0.4, -0.2) is 30.8 Å². The number of carbonyl (C=O) groups excluding carboxylic acids is 1. The third kappa shape index (κ3) is 2.15. The van der Waals surface area contributed by atoms with Gasteiger partial charge in [-0.25, -0.2) is 0 Å². The molecule has 0 unspecified atom stereocenters. The third-order valence-corrected chi connectivity index (χ3v) is 10.7. The first-order valence-electron chi connectivity index (χ1n) is 11.7.